The number of benzene rings is 1. The molecule has 0 fully saturated rings. The lowest BCUT2D eigenvalue weighted by molar-refractivity contribution is 0.348. The molecule has 2 rings (SSSR count). The van der Waals surface area contributed by atoms with Crippen LogP contribution in [0.2, 0.25) is 0 Å². The van der Waals surface area contributed by atoms with Crippen molar-refractivity contribution in [3.05, 3.63) is 28.7 Å². The number of hydrogen-bond donors (Lipinski definition) is 4. The highest BCUT2D eigenvalue weighted by Gasteiger charge is 2.24. The number of hydrogen-bond acceptors (Lipinski definition) is 8. The quantitative estimate of drug-likeness (QED) is 0.387. The van der Waals surface area contributed by atoms with E-state index in [2.05, 4.69) is 49.2 Å². The van der Waals surface area contributed by atoms with Crippen molar-refractivity contribution >= 4 is 48.3 Å². The lowest BCUT2D eigenvalue weighted by Crippen LogP contribution is -2.39. The Morgan fingerprint density at radius 2 is 1.97 bits per heavy atom. The van der Waals surface area contributed by atoms with Crippen LogP contribution in [0.5, 0.6) is 0 Å². The predicted molar refractivity (Wildman–Crippen MR) is 118 cm³/mol. The minimum atomic E-state index is -4.13. The second-order valence-electron chi connectivity index (χ2n) is 7.26. The third kappa shape index (κ3) is 6.57. The molecule has 0 radical (unpaired) electrons. The Labute approximate surface area is 183 Å². The predicted octanol–water partition coefficient (Wildman–Crippen LogP) is 2.99. The summed E-state index contributed by atoms with van der Waals surface area (Å²) >= 11 is 4.17. The van der Waals surface area contributed by atoms with E-state index in [1.54, 1.807) is 0 Å². The molecule has 0 saturated heterocycles. The zero-order valence-electron chi connectivity index (χ0n) is 16.4. The third-order valence-electron chi connectivity index (χ3n) is 4.62. The second-order valence-corrected chi connectivity index (χ2v) is 10.5. The number of aromatic nitrogens is 2. The number of nitrogens with zero attached hydrogens (tertiary/aromatic N) is 2. The van der Waals surface area contributed by atoms with Crippen LogP contribution in [0.3, 0.4) is 0 Å². The Balaban J connectivity index is 2.16. The zero-order chi connectivity index (χ0) is 21.8. The number of rotatable bonds is 10. The molecule has 0 spiro atoms. The lowest BCUT2D eigenvalue weighted by Gasteiger charge is -2.27. The monoisotopic (exact) mass is 508 g/mol. The number of nitrogens with two attached hydrogens (primary N) is 2. The summed E-state index contributed by atoms with van der Waals surface area (Å²) in [5.74, 6) is -0.487. The summed E-state index contributed by atoms with van der Waals surface area (Å²) in [7, 11) is -4.13. The van der Waals surface area contributed by atoms with Crippen molar-refractivity contribution in [2.45, 2.75) is 44.2 Å². The standard InChI is InChI=1S/C17H26BrFN6O2S2/c1-9(2)14(21)4-11(10(3)20)7-22-15-6-13(19)16(5-12(15)18)29(26,27)25-17-23-8-24-28-17/h5-6,8-11,14,22H,4,7,20-21H2,1-3H3,(H,23,24,25). The maximum absolute atomic E-state index is 14.6. The molecule has 0 aliphatic rings. The molecule has 12 heteroatoms. The first-order valence-electron chi connectivity index (χ1n) is 9.04. The first kappa shape index (κ1) is 23.9. The van der Waals surface area contributed by atoms with E-state index >= 15 is 0 Å². The SMILES string of the molecule is CC(C)C(N)CC(CNc1cc(F)c(S(=O)(=O)Nc2ncns2)cc1Br)C(C)N. The molecule has 0 bridgehead atoms. The van der Waals surface area contributed by atoms with E-state index in [-0.39, 0.29) is 23.1 Å². The van der Waals surface area contributed by atoms with Gasteiger partial charge >= 0.3 is 0 Å². The van der Waals surface area contributed by atoms with Gasteiger partial charge in [0.05, 0.1) is 5.69 Å². The van der Waals surface area contributed by atoms with Gasteiger partial charge in [-0.2, -0.15) is 4.37 Å². The van der Waals surface area contributed by atoms with E-state index in [1.807, 2.05) is 6.92 Å². The lowest BCUT2D eigenvalue weighted by atomic mass is 9.89. The first-order valence-corrected chi connectivity index (χ1v) is 12.1. The summed E-state index contributed by atoms with van der Waals surface area (Å²) in [5, 5.41) is 3.21. The molecule has 6 N–H and O–H groups in total. The Kier molecular flexibility index (Phi) is 8.35. The molecule has 0 amide bonds. The summed E-state index contributed by atoms with van der Waals surface area (Å²) < 4.78 is 45.8. The van der Waals surface area contributed by atoms with Crippen LogP contribution in [0.4, 0.5) is 15.2 Å². The number of anilines is 2. The van der Waals surface area contributed by atoms with Gasteiger partial charge < -0.3 is 16.8 Å². The van der Waals surface area contributed by atoms with Gasteiger partial charge in [0, 0.05) is 34.6 Å². The minimum absolute atomic E-state index is 0.00641. The van der Waals surface area contributed by atoms with Gasteiger partial charge in [0.15, 0.2) is 0 Å². The van der Waals surface area contributed by atoms with E-state index < -0.39 is 20.7 Å². The van der Waals surface area contributed by atoms with Crippen LogP contribution in [0.15, 0.2) is 27.8 Å². The van der Waals surface area contributed by atoms with Crippen molar-refractivity contribution in [2.24, 2.45) is 23.3 Å². The normalized spacial score (nSPS) is 15.2. The van der Waals surface area contributed by atoms with Crippen molar-refractivity contribution in [1.29, 1.82) is 0 Å². The van der Waals surface area contributed by atoms with Gasteiger partial charge in [0.25, 0.3) is 10.0 Å². The summed E-state index contributed by atoms with van der Waals surface area (Å²) in [6, 6.07) is 2.25. The molecule has 162 valence electrons. The van der Waals surface area contributed by atoms with Crippen LogP contribution in [-0.4, -0.2) is 36.4 Å². The van der Waals surface area contributed by atoms with Crippen molar-refractivity contribution in [3.63, 3.8) is 0 Å². The number of nitrogens with one attached hydrogen (secondary N) is 2. The Morgan fingerprint density at radius 3 is 2.52 bits per heavy atom. The van der Waals surface area contributed by atoms with Crippen LogP contribution < -0.4 is 21.5 Å². The topological polar surface area (TPSA) is 136 Å². The molecule has 0 saturated carbocycles. The highest BCUT2D eigenvalue weighted by atomic mass is 79.9. The van der Waals surface area contributed by atoms with Gasteiger partial charge in [-0.25, -0.2) is 17.8 Å². The molecule has 1 aromatic heterocycles. The van der Waals surface area contributed by atoms with Crippen LogP contribution in [0.1, 0.15) is 27.2 Å². The highest BCUT2D eigenvalue weighted by Crippen LogP contribution is 2.30. The molecule has 0 aliphatic heterocycles. The molecule has 1 heterocycles. The average Bonchev–Trinajstić information content (AvgIpc) is 3.12. The Bertz CT molecular complexity index is 909. The zero-order valence-corrected chi connectivity index (χ0v) is 19.6. The van der Waals surface area contributed by atoms with Crippen LogP contribution in [0.25, 0.3) is 0 Å². The number of sulfonamides is 1. The number of halogens is 2. The molecule has 3 atom stereocenters. The van der Waals surface area contributed by atoms with Gasteiger partial charge in [-0.3, -0.25) is 4.72 Å². The summed E-state index contributed by atoms with van der Waals surface area (Å²) in [5.41, 5.74) is 12.7. The highest BCUT2D eigenvalue weighted by molar-refractivity contribution is 9.10. The summed E-state index contributed by atoms with van der Waals surface area (Å²) in [6.45, 7) is 6.49. The molecule has 8 nitrogen and oxygen atoms in total. The molecule has 1 aromatic carbocycles. The van der Waals surface area contributed by atoms with Gasteiger partial charge in [0.2, 0.25) is 5.13 Å². The molecule has 0 aliphatic carbocycles. The van der Waals surface area contributed by atoms with Gasteiger partial charge in [-0.05, 0) is 53.2 Å². The summed E-state index contributed by atoms with van der Waals surface area (Å²) in [4.78, 5) is 3.26. The Morgan fingerprint density at radius 1 is 1.28 bits per heavy atom. The molecule has 29 heavy (non-hydrogen) atoms. The van der Waals surface area contributed by atoms with E-state index in [0.29, 0.717) is 22.6 Å². The van der Waals surface area contributed by atoms with Gasteiger partial charge in [-0.1, -0.05) is 13.8 Å². The Hall–Kier alpha value is -1.34. The van der Waals surface area contributed by atoms with E-state index in [0.717, 1.165) is 24.0 Å². The van der Waals surface area contributed by atoms with Crippen LogP contribution in [-0.2, 0) is 10.0 Å². The van der Waals surface area contributed by atoms with Crippen molar-refractivity contribution in [3.8, 4) is 0 Å². The molecule has 3 unspecified atom stereocenters. The maximum Gasteiger partial charge on any atom is 0.266 e. The van der Waals surface area contributed by atoms with Crippen molar-refractivity contribution in [1.82, 2.24) is 9.36 Å². The molecular formula is C17H26BrFN6O2S2. The molecular weight excluding hydrogens is 483 g/mol. The fourth-order valence-electron chi connectivity index (χ4n) is 2.60. The van der Waals surface area contributed by atoms with Crippen LogP contribution in [0, 0.1) is 17.7 Å². The third-order valence-corrected chi connectivity index (χ3v) is 7.34. The van der Waals surface area contributed by atoms with Crippen molar-refractivity contribution < 1.29 is 12.8 Å². The molecule has 2 aromatic rings. The first-order chi connectivity index (χ1) is 13.5. The van der Waals surface area contributed by atoms with Gasteiger partial charge in [-0.15, -0.1) is 0 Å². The van der Waals surface area contributed by atoms with Crippen molar-refractivity contribution in [2.75, 3.05) is 16.6 Å². The summed E-state index contributed by atoms with van der Waals surface area (Å²) in [6.07, 6.45) is 1.93. The maximum atomic E-state index is 14.6. The van der Waals surface area contributed by atoms with Gasteiger partial charge in [0.1, 0.15) is 17.0 Å². The fourth-order valence-corrected chi connectivity index (χ4v) is 4.99. The van der Waals surface area contributed by atoms with E-state index in [9.17, 15) is 12.8 Å². The van der Waals surface area contributed by atoms with E-state index in [1.165, 1.54) is 12.4 Å². The second kappa shape index (κ2) is 10.1. The van der Waals surface area contributed by atoms with E-state index in [4.69, 9.17) is 11.5 Å². The largest absolute Gasteiger partial charge is 0.384 e. The average molecular weight is 509 g/mol. The minimum Gasteiger partial charge on any atom is -0.384 e. The van der Waals surface area contributed by atoms with Crippen LogP contribution >= 0.6 is 27.5 Å². The fraction of sp³-hybridized carbons (Fsp3) is 0.529. The smallest absolute Gasteiger partial charge is 0.266 e.